The number of carbonyl (C=O) groups is 1. The van der Waals surface area contributed by atoms with Gasteiger partial charge in [0.1, 0.15) is 5.01 Å². The van der Waals surface area contributed by atoms with E-state index in [9.17, 15) is 4.79 Å². The lowest BCUT2D eigenvalue weighted by molar-refractivity contribution is -0.115. The topological polar surface area (TPSA) is 80.7 Å². The Labute approximate surface area is 106 Å². The molecule has 88 valence electrons. The van der Waals surface area contributed by atoms with Crippen molar-refractivity contribution in [3.8, 4) is 0 Å². The van der Waals surface area contributed by atoms with Gasteiger partial charge in [-0.3, -0.25) is 10.1 Å². The summed E-state index contributed by atoms with van der Waals surface area (Å²) < 4.78 is 0. The SMILES string of the molecule is O=C(Cc1nc(CCl)cs1)Nc1nccnn1. The van der Waals surface area contributed by atoms with E-state index in [1.807, 2.05) is 5.38 Å². The molecule has 0 atom stereocenters. The van der Waals surface area contributed by atoms with Crippen LogP contribution in [-0.4, -0.2) is 26.1 Å². The second-order valence-electron chi connectivity index (χ2n) is 3.06. The van der Waals surface area contributed by atoms with Gasteiger partial charge in [0.25, 0.3) is 0 Å². The number of carbonyl (C=O) groups excluding carboxylic acids is 1. The molecule has 0 aliphatic rings. The quantitative estimate of drug-likeness (QED) is 0.845. The highest BCUT2D eigenvalue weighted by atomic mass is 35.5. The molecule has 6 nitrogen and oxygen atoms in total. The van der Waals surface area contributed by atoms with E-state index >= 15 is 0 Å². The third-order valence-electron chi connectivity index (χ3n) is 1.78. The summed E-state index contributed by atoms with van der Waals surface area (Å²) in [6.45, 7) is 0. The van der Waals surface area contributed by atoms with Gasteiger partial charge in [-0.2, -0.15) is 5.10 Å². The number of hydrogen-bond donors (Lipinski definition) is 1. The van der Waals surface area contributed by atoms with Gasteiger partial charge < -0.3 is 0 Å². The number of anilines is 1. The number of amides is 1. The van der Waals surface area contributed by atoms with E-state index in [2.05, 4.69) is 25.5 Å². The van der Waals surface area contributed by atoms with Crippen molar-refractivity contribution in [2.45, 2.75) is 12.3 Å². The molecule has 0 aliphatic carbocycles. The first-order valence-corrected chi connectivity index (χ1v) is 6.12. The number of alkyl halides is 1. The van der Waals surface area contributed by atoms with Gasteiger partial charge in [-0.25, -0.2) is 9.97 Å². The van der Waals surface area contributed by atoms with E-state index in [0.29, 0.717) is 10.9 Å². The van der Waals surface area contributed by atoms with E-state index in [-0.39, 0.29) is 18.3 Å². The van der Waals surface area contributed by atoms with Gasteiger partial charge >= 0.3 is 0 Å². The summed E-state index contributed by atoms with van der Waals surface area (Å²) in [5.41, 5.74) is 0.775. The molecule has 0 saturated heterocycles. The second-order valence-corrected chi connectivity index (χ2v) is 4.27. The van der Waals surface area contributed by atoms with Crippen molar-refractivity contribution >= 4 is 34.8 Å². The Bertz CT molecular complexity index is 503. The maximum Gasteiger partial charge on any atom is 0.249 e. The minimum atomic E-state index is -0.228. The van der Waals surface area contributed by atoms with Crippen molar-refractivity contribution in [1.29, 1.82) is 0 Å². The molecular formula is C9H8ClN5OS. The van der Waals surface area contributed by atoms with E-state index in [0.717, 1.165) is 5.69 Å². The molecule has 2 heterocycles. The van der Waals surface area contributed by atoms with Crippen LogP contribution in [0.2, 0.25) is 0 Å². The number of halogens is 1. The van der Waals surface area contributed by atoms with Crippen LogP contribution in [0.3, 0.4) is 0 Å². The standard InChI is InChI=1S/C9H8ClN5OS/c10-4-6-5-17-8(13-6)3-7(16)14-9-11-1-2-12-15-9/h1-2,5H,3-4H2,(H,11,14,15,16). The van der Waals surface area contributed by atoms with Gasteiger partial charge in [0, 0.05) is 5.38 Å². The van der Waals surface area contributed by atoms with Crippen LogP contribution in [0, 0.1) is 0 Å². The van der Waals surface area contributed by atoms with Crippen molar-refractivity contribution in [3.63, 3.8) is 0 Å². The van der Waals surface area contributed by atoms with Crippen LogP contribution >= 0.6 is 22.9 Å². The van der Waals surface area contributed by atoms with Crippen LogP contribution in [0.1, 0.15) is 10.7 Å². The number of rotatable bonds is 4. The molecule has 0 spiro atoms. The molecule has 0 bridgehead atoms. The molecule has 1 amide bonds. The molecule has 0 aromatic carbocycles. The summed E-state index contributed by atoms with van der Waals surface area (Å²) in [5, 5.41) is 12.3. The van der Waals surface area contributed by atoms with Gasteiger partial charge in [0.2, 0.25) is 11.9 Å². The summed E-state index contributed by atoms with van der Waals surface area (Å²) in [4.78, 5) is 19.6. The van der Waals surface area contributed by atoms with Crippen LogP contribution in [0.25, 0.3) is 0 Å². The molecule has 0 aliphatic heterocycles. The highest BCUT2D eigenvalue weighted by Gasteiger charge is 2.09. The van der Waals surface area contributed by atoms with Crippen molar-refractivity contribution in [2.24, 2.45) is 0 Å². The zero-order chi connectivity index (χ0) is 12.1. The predicted octanol–water partition coefficient (Wildman–Crippen LogP) is 1.25. The fourth-order valence-corrected chi connectivity index (χ4v) is 2.12. The van der Waals surface area contributed by atoms with Crippen LogP contribution < -0.4 is 5.32 Å². The molecular weight excluding hydrogens is 262 g/mol. The minimum Gasteiger partial charge on any atom is -0.293 e. The zero-order valence-corrected chi connectivity index (χ0v) is 10.2. The minimum absolute atomic E-state index is 0.180. The highest BCUT2D eigenvalue weighted by Crippen LogP contribution is 2.12. The normalized spacial score (nSPS) is 10.2. The Morgan fingerprint density at radius 1 is 1.47 bits per heavy atom. The van der Waals surface area contributed by atoms with E-state index < -0.39 is 0 Å². The summed E-state index contributed by atoms with van der Waals surface area (Å²) >= 11 is 7.02. The Kier molecular flexibility index (Phi) is 3.94. The first-order chi connectivity index (χ1) is 8.28. The van der Waals surface area contributed by atoms with E-state index in [1.54, 1.807) is 0 Å². The highest BCUT2D eigenvalue weighted by molar-refractivity contribution is 7.09. The zero-order valence-electron chi connectivity index (χ0n) is 8.63. The largest absolute Gasteiger partial charge is 0.293 e. The van der Waals surface area contributed by atoms with E-state index in [1.165, 1.54) is 23.7 Å². The van der Waals surface area contributed by atoms with Crippen LogP contribution in [0.4, 0.5) is 5.95 Å². The van der Waals surface area contributed by atoms with Gasteiger partial charge in [-0.05, 0) is 0 Å². The van der Waals surface area contributed by atoms with E-state index in [4.69, 9.17) is 11.6 Å². The average molecular weight is 270 g/mol. The molecule has 17 heavy (non-hydrogen) atoms. The Morgan fingerprint density at radius 2 is 2.35 bits per heavy atom. The van der Waals surface area contributed by atoms with Crippen molar-refractivity contribution in [2.75, 3.05) is 5.32 Å². The molecule has 0 fully saturated rings. The Morgan fingerprint density at radius 3 is 3.00 bits per heavy atom. The molecule has 2 aromatic heterocycles. The first-order valence-electron chi connectivity index (χ1n) is 4.70. The van der Waals surface area contributed by atoms with Crippen LogP contribution in [0.15, 0.2) is 17.8 Å². The lowest BCUT2D eigenvalue weighted by atomic mass is 10.4. The Balaban J connectivity index is 1.93. The van der Waals surface area contributed by atoms with Crippen LogP contribution in [0.5, 0.6) is 0 Å². The number of aromatic nitrogens is 4. The maximum absolute atomic E-state index is 11.6. The molecule has 0 saturated carbocycles. The summed E-state index contributed by atoms with van der Waals surface area (Å²) in [7, 11) is 0. The molecule has 0 unspecified atom stereocenters. The predicted molar refractivity (Wildman–Crippen MR) is 63.8 cm³/mol. The van der Waals surface area contributed by atoms with Gasteiger partial charge in [-0.15, -0.1) is 28.0 Å². The number of nitrogens with zero attached hydrogens (tertiary/aromatic N) is 4. The fourth-order valence-electron chi connectivity index (χ4n) is 1.10. The average Bonchev–Trinajstić information content (AvgIpc) is 2.78. The van der Waals surface area contributed by atoms with Gasteiger partial charge in [0.05, 0.1) is 30.4 Å². The van der Waals surface area contributed by atoms with Crippen molar-refractivity contribution in [3.05, 3.63) is 28.5 Å². The molecule has 1 N–H and O–H groups in total. The third-order valence-corrected chi connectivity index (χ3v) is 2.95. The summed E-state index contributed by atoms with van der Waals surface area (Å²) in [5.74, 6) is 0.309. The fraction of sp³-hybridized carbons (Fsp3) is 0.222. The number of nitrogens with one attached hydrogen (secondary N) is 1. The lowest BCUT2D eigenvalue weighted by Gasteiger charge is -1.99. The maximum atomic E-state index is 11.6. The van der Waals surface area contributed by atoms with Crippen LogP contribution in [-0.2, 0) is 17.1 Å². The number of hydrogen-bond acceptors (Lipinski definition) is 6. The van der Waals surface area contributed by atoms with Crippen molar-refractivity contribution < 1.29 is 4.79 Å². The third kappa shape index (κ3) is 3.43. The van der Waals surface area contributed by atoms with Crippen molar-refractivity contribution in [1.82, 2.24) is 20.2 Å². The first kappa shape index (κ1) is 11.9. The molecule has 0 radical (unpaired) electrons. The monoisotopic (exact) mass is 269 g/mol. The second kappa shape index (κ2) is 5.65. The molecule has 2 aromatic rings. The summed E-state index contributed by atoms with van der Waals surface area (Å²) in [6.07, 6.45) is 3.07. The Hall–Kier alpha value is -1.60. The molecule has 8 heteroatoms. The van der Waals surface area contributed by atoms with Gasteiger partial charge in [-0.1, -0.05) is 0 Å². The van der Waals surface area contributed by atoms with Gasteiger partial charge in [0.15, 0.2) is 0 Å². The molecule has 2 rings (SSSR count). The summed E-state index contributed by atoms with van der Waals surface area (Å²) in [6, 6.07) is 0. The lowest BCUT2D eigenvalue weighted by Crippen LogP contribution is -2.16. The smallest absolute Gasteiger partial charge is 0.249 e. The number of thiazole rings is 1.